The molecule has 6 heteroatoms. The van der Waals surface area contributed by atoms with Crippen molar-refractivity contribution in [1.82, 2.24) is 0 Å². The van der Waals surface area contributed by atoms with Gasteiger partial charge in [-0.25, -0.2) is 0 Å². The first-order chi connectivity index (χ1) is 33.0. The van der Waals surface area contributed by atoms with Crippen LogP contribution in [0.2, 0.25) is 0 Å². The molecule has 10 aromatic rings. The van der Waals surface area contributed by atoms with Crippen molar-refractivity contribution in [2.45, 2.75) is 5.41 Å². The molecule has 0 unspecified atom stereocenters. The molecule has 10 aromatic carbocycles. The van der Waals surface area contributed by atoms with Gasteiger partial charge in [0, 0.05) is 34.1 Å². The molecule has 1 spiro atoms. The molecule has 0 aliphatic heterocycles. The van der Waals surface area contributed by atoms with Crippen molar-refractivity contribution in [3.8, 4) is 45.3 Å². The third kappa shape index (κ3) is 6.17. The van der Waals surface area contributed by atoms with Crippen LogP contribution in [0.5, 0.6) is 23.0 Å². The summed E-state index contributed by atoms with van der Waals surface area (Å²) >= 11 is 0. The molecule has 0 radical (unpaired) electrons. The Hall–Kier alpha value is -8.48. The summed E-state index contributed by atoms with van der Waals surface area (Å²) in [5.74, 6) is 3.24. The minimum atomic E-state index is -0.586. The zero-order chi connectivity index (χ0) is 45.2. The van der Waals surface area contributed by atoms with E-state index in [1.165, 1.54) is 66.1 Å². The Morgan fingerprint density at radius 2 is 0.612 bits per heavy atom. The van der Waals surface area contributed by atoms with Gasteiger partial charge < -0.3 is 28.7 Å². The first-order valence-corrected chi connectivity index (χ1v) is 22.5. The van der Waals surface area contributed by atoms with Gasteiger partial charge >= 0.3 is 0 Å². The second-order valence-corrected chi connectivity index (χ2v) is 17.1. The van der Waals surface area contributed by atoms with E-state index in [-0.39, 0.29) is 0 Å². The lowest BCUT2D eigenvalue weighted by Crippen LogP contribution is -2.26. The number of benzene rings is 10. The maximum Gasteiger partial charge on any atom is 0.119 e. The number of rotatable bonds is 10. The van der Waals surface area contributed by atoms with E-state index < -0.39 is 5.41 Å². The zero-order valence-electron chi connectivity index (χ0n) is 37.7. The molecule has 0 N–H and O–H groups in total. The van der Waals surface area contributed by atoms with E-state index >= 15 is 0 Å². The molecular formula is C61H46N2O4. The highest BCUT2D eigenvalue weighted by molar-refractivity contribution is 6.10. The van der Waals surface area contributed by atoms with Crippen molar-refractivity contribution < 1.29 is 18.9 Å². The molecule has 0 atom stereocenters. The van der Waals surface area contributed by atoms with Crippen LogP contribution in [0.4, 0.5) is 34.1 Å². The van der Waals surface area contributed by atoms with Gasteiger partial charge in [-0.3, -0.25) is 0 Å². The number of nitrogens with zero attached hydrogens (tertiary/aromatic N) is 2. The van der Waals surface area contributed by atoms with Crippen molar-refractivity contribution in [2.24, 2.45) is 0 Å². The number of hydrogen-bond donors (Lipinski definition) is 0. The molecule has 12 rings (SSSR count). The van der Waals surface area contributed by atoms with Crippen LogP contribution < -0.4 is 28.7 Å². The summed E-state index contributed by atoms with van der Waals surface area (Å²) < 4.78 is 22.2. The van der Waals surface area contributed by atoms with Gasteiger partial charge in [-0.15, -0.1) is 0 Å². The second-order valence-electron chi connectivity index (χ2n) is 17.1. The van der Waals surface area contributed by atoms with E-state index in [9.17, 15) is 0 Å². The van der Waals surface area contributed by atoms with Gasteiger partial charge in [0.25, 0.3) is 0 Å². The van der Waals surface area contributed by atoms with Crippen molar-refractivity contribution in [3.63, 3.8) is 0 Å². The molecule has 324 valence electrons. The normalized spacial score (nSPS) is 12.6. The molecule has 2 aliphatic carbocycles. The lowest BCUT2D eigenvalue weighted by molar-refractivity contribution is 0.414. The number of fused-ring (bicyclic) bond motifs is 14. The summed E-state index contributed by atoms with van der Waals surface area (Å²) in [6.07, 6.45) is 0. The smallest absolute Gasteiger partial charge is 0.119 e. The molecule has 0 fully saturated rings. The van der Waals surface area contributed by atoms with E-state index in [0.29, 0.717) is 0 Å². The van der Waals surface area contributed by atoms with Gasteiger partial charge in [0.1, 0.15) is 23.0 Å². The molecule has 0 bridgehead atoms. The zero-order valence-corrected chi connectivity index (χ0v) is 37.7. The number of hydrogen-bond acceptors (Lipinski definition) is 6. The largest absolute Gasteiger partial charge is 0.497 e. The van der Waals surface area contributed by atoms with Crippen LogP contribution >= 0.6 is 0 Å². The average Bonchev–Trinajstić information content (AvgIpc) is 3.87. The van der Waals surface area contributed by atoms with E-state index in [1.807, 2.05) is 48.5 Å². The number of ether oxygens (including phenoxy) is 4. The van der Waals surface area contributed by atoms with Crippen LogP contribution in [0.15, 0.2) is 206 Å². The monoisotopic (exact) mass is 870 g/mol. The fourth-order valence-corrected chi connectivity index (χ4v) is 10.9. The minimum Gasteiger partial charge on any atom is -0.497 e. The maximum absolute atomic E-state index is 5.56. The lowest BCUT2D eigenvalue weighted by atomic mass is 9.68. The Labute approximate surface area is 390 Å². The van der Waals surface area contributed by atoms with Gasteiger partial charge in [-0.05, 0) is 187 Å². The molecule has 0 heterocycles. The Kier molecular flexibility index (Phi) is 9.50. The Balaban J connectivity index is 1.08. The minimum absolute atomic E-state index is 0.586. The van der Waals surface area contributed by atoms with Crippen molar-refractivity contribution in [2.75, 3.05) is 38.2 Å². The third-order valence-electron chi connectivity index (χ3n) is 13.8. The highest BCUT2D eigenvalue weighted by Gasteiger charge is 2.53. The summed E-state index contributed by atoms with van der Waals surface area (Å²) in [6, 6.07) is 74.3. The molecule has 0 saturated heterocycles. The van der Waals surface area contributed by atoms with E-state index in [4.69, 9.17) is 18.9 Å². The predicted molar refractivity (Wildman–Crippen MR) is 273 cm³/mol. The third-order valence-corrected chi connectivity index (χ3v) is 13.8. The van der Waals surface area contributed by atoms with Crippen LogP contribution in [0, 0.1) is 0 Å². The fourth-order valence-electron chi connectivity index (χ4n) is 10.9. The van der Waals surface area contributed by atoms with Crippen LogP contribution in [0.1, 0.15) is 22.3 Å². The van der Waals surface area contributed by atoms with Crippen molar-refractivity contribution in [3.05, 3.63) is 229 Å². The molecular weight excluding hydrogens is 825 g/mol. The number of methoxy groups -OCH3 is 4. The van der Waals surface area contributed by atoms with E-state index in [2.05, 4.69) is 168 Å². The SMILES string of the molecule is COc1ccc(N(c2ccc(OC)cc2)c2ccc3c4c(ccc3c2)-c2ccc3cc(N(c5ccc(OC)cc5)c5ccc(OC)cc5)ccc3c2C42c3ccccc3-c3ccccc32)cc1. The van der Waals surface area contributed by atoms with Gasteiger partial charge in [0.2, 0.25) is 0 Å². The van der Waals surface area contributed by atoms with Crippen molar-refractivity contribution in [1.29, 1.82) is 0 Å². The standard InChI is InChI=1S/C61H46N2O4/c1-64-47-25-15-41(16-26-47)62(42-17-27-48(65-2)28-18-42)45-23-35-51-39(37-45)13-33-55-56-34-14-40-38-46(63(43-19-29-49(66-3)30-20-43)44-21-31-50(67-4)32-22-44)24-36-52(40)60(56)61(59(51)55)57-11-7-5-9-53(57)54-10-6-8-12-58(54)61/h5-38H,1-4H3. The van der Waals surface area contributed by atoms with Gasteiger partial charge in [-0.1, -0.05) is 84.9 Å². The quantitative estimate of drug-likeness (QED) is 0.136. The van der Waals surface area contributed by atoms with Crippen LogP contribution in [-0.2, 0) is 5.41 Å². The molecule has 0 aromatic heterocycles. The summed E-state index contributed by atoms with van der Waals surface area (Å²) in [4.78, 5) is 4.59. The van der Waals surface area contributed by atoms with Crippen LogP contribution in [0.25, 0.3) is 43.8 Å². The van der Waals surface area contributed by atoms with Gasteiger partial charge in [0.15, 0.2) is 0 Å². The summed E-state index contributed by atoms with van der Waals surface area (Å²) in [7, 11) is 6.80. The average molecular weight is 871 g/mol. The molecule has 0 saturated carbocycles. The topological polar surface area (TPSA) is 43.4 Å². The second kappa shape index (κ2) is 15.9. The Bertz CT molecular complexity index is 3180. The first-order valence-electron chi connectivity index (χ1n) is 22.5. The van der Waals surface area contributed by atoms with E-state index in [0.717, 1.165) is 57.1 Å². The van der Waals surface area contributed by atoms with Crippen LogP contribution in [0.3, 0.4) is 0 Å². The van der Waals surface area contributed by atoms with Crippen LogP contribution in [-0.4, -0.2) is 28.4 Å². The summed E-state index contributed by atoms with van der Waals surface area (Å²) in [6.45, 7) is 0. The number of anilines is 6. The predicted octanol–water partition coefficient (Wildman–Crippen LogP) is 15.3. The highest BCUT2D eigenvalue weighted by atomic mass is 16.5. The maximum atomic E-state index is 5.56. The molecule has 6 nitrogen and oxygen atoms in total. The van der Waals surface area contributed by atoms with Gasteiger partial charge in [-0.2, -0.15) is 0 Å². The molecule has 0 amide bonds. The molecule has 67 heavy (non-hydrogen) atoms. The van der Waals surface area contributed by atoms with Gasteiger partial charge in [0.05, 0.1) is 33.9 Å². The van der Waals surface area contributed by atoms with E-state index in [1.54, 1.807) is 28.4 Å². The van der Waals surface area contributed by atoms with Crippen molar-refractivity contribution >= 4 is 55.7 Å². The molecule has 2 aliphatic rings. The highest BCUT2D eigenvalue weighted by Crippen LogP contribution is 2.65. The lowest BCUT2D eigenvalue weighted by Gasteiger charge is -2.33. The summed E-state index contributed by atoms with van der Waals surface area (Å²) in [5, 5.41) is 4.78. The summed E-state index contributed by atoms with van der Waals surface area (Å²) in [5.41, 5.74) is 15.9. The fraction of sp³-hybridized carbons (Fsp3) is 0.0820. The first kappa shape index (κ1) is 40.1. The Morgan fingerprint density at radius 3 is 0.940 bits per heavy atom. The Morgan fingerprint density at radius 1 is 0.299 bits per heavy atom.